The molecule has 0 unspecified atom stereocenters. The second-order valence-electron chi connectivity index (χ2n) is 5.97. The first-order valence-electron chi connectivity index (χ1n) is 8.26. The Morgan fingerprint density at radius 2 is 1.79 bits per heavy atom. The van der Waals surface area contributed by atoms with E-state index in [-0.39, 0.29) is 4.90 Å². The number of anilines is 2. The van der Waals surface area contributed by atoms with Crippen LogP contribution in [0.1, 0.15) is 25.3 Å². The summed E-state index contributed by atoms with van der Waals surface area (Å²) in [6.07, 6.45) is 2.32. The molecule has 3 rings (SSSR count). The van der Waals surface area contributed by atoms with Crippen LogP contribution >= 0.6 is 0 Å². The number of rotatable bonds is 8. The molecule has 2 aromatic rings. The Morgan fingerprint density at radius 1 is 1.04 bits per heavy atom. The fourth-order valence-corrected chi connectivity index (χ4v) is 3.54. The Balaban J connectivity index is 1.84. The molecule has 2 aromatic carbocycles. The van der Waals surface area contributed by atoms with Gasteiger partial charge < -0.3 is 10.6 Å². The summed E-state index contributed by atoms with van der Waals surface area (Å²) in [5, 5.41) is 6.82. The summed E-state index contributed by atoms with van der Waals surface area (Å²) in [5.74, 6) is 0. The van der Waals surface area contributed by atoms with Crippen molar-refractivity contribution < 1.29 is 8.42 Å². The number of benzene rings is 2. The van der Waals surface area contributed by atoms with Crippen LogP contribution in [0.2, 0.25) is 0 Å². The molecule has 0 atom stereocenters. The number of nitrogens with one attached hydrogen (secondary N) is 3. The molecule has 0 amide bonds. The first-order chi connectivity index (χ1) is 11.6. The summed E-state index contributed by atoms with van der Waals surface area (Å²) in [6, 6.07) is 15.7. The van der Waals surface area contributed by atoms with E-state index in [1.807, 2.05) is 36.4 Å². The van der Waals surface area contributed by atoms with Crippen molar-refractivity contribution in [3.63, 3.8) is 0 Å². The molecule has 128 valence electrons. The van der Waals surface area contributed by atoms with Gasteiger partial charge in [-0.2, -0.15) is 0 Å². The highest BCUT2D eigenvalue weighted by Crippen LogP contribution is 2.31. The smallest absolute Gasteiger partial charge is 0.240 e. The van der Waals surface area contributed by atoms with E-state index in [9.17, 15) is 8.42 Å². The number of hydrogen-bond donors (Lipinski definition) is 3. The van der Waals surface area contributed by atoms with E-state index >= 15 is 0 Å². The summed E-state index contributed by atoms with van der Waals surface area (Å²) >= 11 is 0. The zero-order valence-corrected chi connectivity index (χ0v) is 14.6. The Kier molecular flexibility index (Phi) is 5.06. The highest BCUT2D eigenvalue weighted by Gasteiger charge is 2.23. The lowest BCUT2D eigenvalue weighted by Crippen LogP contribution is -2.23. The van der Waals surface area contributed by atoms with E-state index in [2.05, 4.69) is 15.4 Å². The van der Waals surface area contributed by atoms with Crippen molar-refractivity contribution >= 4 is 21.4 Å². The summed E-state index contributed by atoms with van der Waals surface area (Å²) in [6.45, 7) is 2.79. The van der Waals surface area contributed by atoms with E-state index in [1.54, 1.807) is 19.1 Å². The van der Waals surface area contributed by atoms with E-state index in [0.29, 0.717) is 19.1 Å². The van der Waals surface area contributed by atoms with Gasteiger partial charge in [0, 0.05) is 19.1 Å². The van der Waals surface area contributed by atoms with E-state index < -0.39 is 10.0 Å². The van der Waals surface area contributed by atoms with Crippen LogP contribution in [-0.2, 0) is 16.6 Å². The molecule has 6 heteroatoms. The minimum atomic E-state index is -3.46. The highest BCUT2D eigenvalue weighted by molar-refractivity contribution is 7.89. The minimum Gasteiger partial charge on any atom is -0.381 e. The van der Waals surface area contributed by atoms with E-state index in [0.717, 1.165) is 29.8 Å². The average molecular weight is 345 g/mol. The lowest BCUT2D eigenvalue weighted by Gasteiger charge is -2.15. The van der Waals surface area contributed by atoms with Crippen LogP contribution in [0, 0.1) is 0 Å². The standard InChI is InChI=1S/C18H23N3O2S/c1-2-20-24(22,23)16-10-11-17(21-15-8-9-15)18(12-16)19-13-14-6-4-3-5-7-14/h3-7,10-12,15,19-21H,2,8-9,13H2,1H3. The number of sulfonamides is 1. The van der Waals surface area contributed by atoms with E-state index in [1.165, 1.54) is 0 Å². The molecule has 24 heavy (non-hydrogen) atoms. The molecule has 0 aromatic heterocycles. The van der Waals surface area contributed by atoms with Crippen molar-refractivity contribution in [3.8, 4) is 0 Å². The second-order valence-corrected chi connectivity index (χ2v) is 7.73. The molecular formula is C18H23N3O2S. The molecule has 1 fully saturated rings. The molecule has 0 heterocycles. The van der Waals surface area contributed by atoms with Gasteiger partial charge in [-0.3, -0.25) is 0 Å². The molecular weight excluding hydrogens is 322 g/mol. The monoisotopic (exact) mass is 345 g/mol. The van der Waals surface area contributed by atoms with Crippen molar-refractivity contribution in [1.29, 1.82) is 0 Å². The third-order valence-electron chi connectivity index (χ3n) is 3.90. The van der Waals surface area contributed by atoms with Gasteiger partial charge in [0.1, 0.15) is 0 Å². The van der Waals surface area contributed by atoms with Crippen molar-refractivity contribution in [1.82, 2.24) is 4.72 Å². The molecule has 0 radical (unpaired) electrons. The third-order valence-corrected chi connectivity index (χ3v) is 5.44. The van der Waals surface area contributed by atoms with Crippen molar-refractivity contribution in [2.24, 2.45) is 0 Å². The van der Waals surface area contributed by atoms with Crippen molar-refractivity contribution in [2.75, 3.05) is 17.2 Å². The first-order valence-corrected chi connectivity index (χ1v) is 9.75. The highest BCUT2D eigenvalue weighted by atomic mass is 32.2. The second kappa shape index (κ2) is 7.23. The largest absolute Gasteiger partial charge is 0.381 e. The van der Waals surface area contributed by atoms with Gasteiger partial charge in [0.2, 0.25) is 10.0 Å². The van der Waals surface area contributed by atoms with Crippen LogP contribution in [0.15, 0.2) is 53.4 Å². The van der Waals surface area contributed by atoms with Crippen molar-refractivity contribution in [2.45, 2.75) is 37.2 Å². The van der Waals surface area contributed by atoms with Crippen LogP contribution in [0.25, 0.3) is 0 Å². The van der Waals surface area contributed by atoms with Crippen LogP contribution in [0.5, 0.6) is 0 Å². The van der Waals surface area contributed by atoms with Gasteiger partial charge >= 0.3 is 0 Å². The number of hydrogen-bond acceptors (Lipinski definition) is 4. The van der Waals surface area contributed by atoms with Crippen LogP contribution < -0.4 is 15.4 Å². The van der Waals surface area contributed by atoms with Gasteiger partial charge in [0.25, 0.3) is 0 Å². The van der Waals surface area contributed by atoms with Gasteiger partial charge in [-0.15, -0.1) is 0 Å². The van der Waals surface area contributed by atoms with Crippen LogP contribution in [0.3, 0.4) is 0 Å². The predicted octanol–water partition coefficient (Wildman–Crippen LogP) is 3.17. The van der Waals surface area contributed by atoms with Gasteiger partial charge in [-0.25, -0.2) is 13.1 Å². The fourth-order valence-electron chi connectivity index (χ4n) is 2.48. The maximum atomic E-state index is 12.2. The zero-order chi connectivity index (χ0) is 17.0. The summed E-state index contributed by atoms with van der Waals surface area (Å²) in [5.41, 5.74) is 2.91. The molecule has 0 aliphatic heterocycles. The third kappa shape index (κ3) is 4.27. The lowest BCUT2D eigenvalue weighted by atomic mass is 10.2. The van der Waals surface area contributed by atoms with Gasteiger partial charge in [0.15, 0.2) is 0 Å². The van der Waals surface area contributed by atoms with Crippen LogP contribution in [0.4, 0.5) is 11.4 Å². The molecule has 0 spiro atoms. The molecule has 1 aliphatic rings. The topological polar surface area (TPSA) is 70.2 Å². The maximum absolute atomic E-state index is 12.2. The molecule has 0 bridgehead atoms. The van der Waals surface area contributed by atoms with Gasteiger partial charge in [-0.05, 0) is 36.6 Å². The fraction of sp³-hybridized carbons (Fsp3) is 0.333. The molecule has 3 N–H and O–H groups in total. The minimum absolute atomic E-state index is 0.279. The Bertz CT molecular complexity index is 787. The molecule has 1 aliphatic carbocycles. The average Bonchev–Trinajstić information content (AvgIpc) is 3.39. The first kappa shape index (κ1) is 16.8. The quantitative estimate of drug-likeness (QED) is 0.687. The Morgan fingerprint density at radius 3 is 2.46 bits per heavy atom. The van der Waals surface area contributed by atoms with Crippen LogP contribution in [-0.4, -0.2) is 21.0 Å². The predicted molar refractivity (Wildman–Crippen MR) is 97.7 cm³/mol. The Hall–Kier alpha value is -2.05. The Labute approximate surface area is 143 Å². The van der Waals surface area contributed by atoms with Crippen molar-refractivity contribution in [3.05, 3.63) is 54.1 Å². The molecule has 5 nitrogen and oxygen atoms in total. The SMILES string of the molecule is CCNS(=O)(=O)c1ccc(NC2CC2)c(NCc2ccccc2)c1. The van der Waals surface area contributed by atoms with Gasteiger partial charge in [0.05, 0.1) is 16.3 Å². The summed E-state index contributed by atoms with van der Waals surface area (Å²) in [7, 11) is -3.46. The maximum Gasteiger partial charge on any atom is 0.240 e. The van der Waals surface area contributed by atoms with E-state index in [4.69, 9.17) is 0 Å². The van der Waals surface area contributed by atoms with Gasteiger partial charge in [-0.1, -0.05) is 37.3 Å². The summed E-state index contributed by atoms with van der Waals surface area (Å²) in [4.78, 5) is 0.279. The normalized spacial score (nSPS) is 14.4. The summed E-state index contributed by atoms with van der Waals surface area (Å²) < 4.78 is 27.0. The molecule has 1 saturated carbocycles. The molecule has 0 saturated heterocycles. The lowest BCUT2D eigenvalue weighted by molar-refractivity contribution is 0.584. The zero-order valence-electron chi connectivity index (χ0n) is 13.7.